The van der Waals surface area contributed by atoms with E-state index in [-0.39, 0.29) is 11.2 Å². The van der Waals surface area contributed by atoms with Crippen molar-refractivity contribution in [3.05, 3.63) is 23.8 Å². The van der Waals surface area contributed by atoms with Gasteiger partial charge < -0.3 is 11.1 Å². The number of benzene rings is 1. The highest BCUT2D eigenvalue weighted by Gasteiger charge is 2.13. The van der Waals surface area contributed by atoms with Crippen molar-refractivity contribution in [3.63, 3.8) is 0 Å². The molecule has 0 spiro atoms. The highest BCUT2D eigenvalue weighted by Crippen LogP contribution is 2.26. The fourth-order valence-electron chi connectivity index (χ4n) is 1.71. The summed E-state index contributed by atoms with van der Waals surface area (Å²) in [4.78, 5) is 13.0. The van der Waals surface area contributed by atoms with Crippen LogP contribution in [0.25, 0.3) is 0 Å². The zero-order valence-corrected chi connectivity index (χ0v) is 12.8. The summed E-state index contributed by atoms with van der Waals surface area (Å²) in [5.74, 6) is 0.107. The monoisotopic (exact) mass is 280 g/mol. The van der Waals surface area contributed by atoms with Gasteiger partial charge in [-0.2, -0.15) is 0 Å². The predicted octanol–water partition coefficient (Wildman–Crippen LogP) is 3.36. The van der Waals surface area contributed by atoms with Gasteiger partial charge in [-0.3, -0.25) is 4.79 Å². The maximum Gasteiger partial charge on any atom is 0.233 e. The molecule has 4 heteroatoms. The number of anilines is 1. The SMILES string of the molecule is CCCCCNC(=O)C(C)Sc1ccc(N)c(C)c1. The number of nitrogens with one attached hydrogen (secondary N) is 1. The molecule has 0 aliphatic heterocycles. The molecule has 0 fully saturated rings. The number of thioether (sulfide) groups is 1. The summed E-state index contributed by atoms with van der Waals surface area (Å²) in [5.41, 5.74) is 7.63. The van der Waals surface area contributed by atoms with Gasteiger partial charge in [-0.15, -0.1) is 11.8 Å². The number of carbonyl (C=O) groups is 1. The molecule has 0 heterocycles. The normalized spacial score (nSPS) is 12.2. The van der Waals surface area contributed by atoms with Gasteiger partial charge in [-0.25, -0.2) is 0 Å². The molecule has 1 rings (SSSR count). The minimum Gasteiger partial charge on any atom is -0.399 e. The average molecular weight is 280 g/mol. The molecule has 19 heavy (non-hydrogen) atoms. The number of hydrogen-bond donors (Lipinski definition) is 2. The average Bonchev–Trinajstić information content (AvgIpc) is 2.38. The van der Waals surface area contributed by atoms with Crippen molar-refractivity contribution in [2.24, 2.45) is 0 Å². The van der Waals surface area contributed by atoms with E-state index < -0.39 is 0 Å². The molecule has 106 valence electrons. The molecule has 0 radical (unpaired) electrons. The van der Waals surface area contributed by atoms with Gasteiger partial charge in [0, 0.05) is 17.1 Å². The van der Waals surface area contributed by atoms with Crippen molar-refractivity contribution in [1.82, 2.24) is 5.32 Å². The number of rotatable bonds is 7. The third-order valence-electron chi connectivity index (χ3n) is 3.00. The van der Waals surface area contributed by atoms with Crippen LogP contribution in [0.4, 0.5) is 5.69 Å². The van der Waals surface area contributed by atoms with Crippen LogP contribution in [0.1, 0.15) is 38.7 Å². The Morgan fingerprint density at radius 3 is 2.79 bits per heavy atom. The lowest BCUT2D eigenvalue weighted by molar-refractivity contribution is -0.120. The summed E-state index contributed by atoms with van der Waals surface area (Å²) < 4.78 is 0. The molecule has 0 saturated carbocycles. The van der Waals surface area contributed by atoms with Crippen molar-refractivity contribution in [2.45, 2.75) is 50.2 Å². The van der Waals surface area contributed by atoms with E-state index >= 15 is 0 Å². The Bertz CT molecular complexity index is 421. The largest absolute Gasteiger partial charge is 0.399 e. The minimum atomic E-state index is -0.0790. The van der Waals surface area contributed by atoms with Crippen molar-refractivity contribution in [1.29, 1.82) is 0 Å². The van der Waals surface area contributed by atoms with E-state index in [1.54, 1.807) is 11.8 Å². The second-order valence-corrected chi connectivity index (χ2v) is 6.19. The molecule has 1 aromatic carbocycles. The number of nitrogens with two attached hydrogens (primary N) is 1. The fraction of sp³-hybridized carbons (Fsp3) is 0.533. The number of aryl methyl sites for hydroxylation is 1. The smallest absolute Gasteiger partial charge is 0.233 e. The molecular formula is C15H24N2OS. The van der Waals surface area contributed by atoms with E-state index in [0.717, 1.165) is 29.1 Å². The number of amides is 1. The van der Waals surface area contributed by atoms with Crippen LogP contribution < -0.4 is 11.1 Å². The number of carbonyl (C=O) groups excluding carboxylic acids is 1. The first-order valence-electron chi connectivity index (χ1n) is 6.85. The standard InChI is InChI=1S/C15H24N2OS/c1-4-5-6-9-17-15(18)12(3)19-13-7-8-14(16)11(2)10-13/h7-8,10,12H,4-6,9,16H2,1-3H3,(H,17,18). The Morgan fingerprint density at radius 2 is 2.16 bits per heavy atom. The highest BCUT2D eigenvalue weighted by atomic mass is 32.2. The van der Waals surface area contributed by atoms with E-state index in [0.29, 0.717) is 0 Å². The summed E-state index contributed by atoms with van der Waals surface area (Å²) >= 11 is 1.57. The van der Waals surface area contributed by atoms with Crippen LogP contribution in [0, 0.1) is 6.92 Å². The van der Waals surface area contributed by atoms with E-state index in [1.165, 1.54) is 12.8 Å². The third kappa shape index (κ3) is 5.55. The minimum absolute atomic E-state index is 0.0790. The quantitative estimate of drug-likeness (QED) is 0.457. The predicted molar refractivity (Wildman–Crippen MR) is 83.4 cm³/mol. The molecule has 1 amide bonds. The molecule has 1 aromatic rings. The molecule has 3 N–H and O–H groups in total. The Hall–Kier alpha value is -1.16. The van der Waals surface area contributed by atoms with Gasteiger partial charge in [0.2, 0.25) is 5.91 Å². The zero-order valence-electron chi connectivity index (χ0n) is 12.0. The molecule has 0 aliphatic rings. The number of nitrogen functional groups attached to an aromatic ring is 1. The van der Waals surface area contributed by atoms with E-state index in [1.807, 2.05) is 32.0 Å². The lowest BCUT2D eigenvalue weighted by atomic mass is 10.2. The lowest BCUT2D eigenvalue weighted by Crippen LogP contribution is -2.31. The molecular weight excluding hydrogens is 256 g/mol. The molecule has 3 nitrogen and oxygen atoms in total. The summed E-state index contributed by atoms with van der Waals surface area (Å²) in [6.45, 7) is 6.85. The van der Waals surface area contributed by atoms with Crippen LogP contribution in [0.2, 0.25) is 0 Å². The third-order valence-corrected chi connectivity index (χ3v) is 4.10. The van der Waals surface area contributed by atoms with Crippen molar-refractivity contribution in [3.8, 4) is 0 Å². The molecule has 0 bridgehead atoms. The van der Waals surface area contributed by atoms with E-state index in [2.05, 4.69) is 12.2 Å². The number of unbranched alkanes of at least 4 members (excludes halogenated alkanes) is 2. The maximum atomic E-state index is 11.9. The first-order chi connectivity index (χ1) is 9.04. The van der Waals surface area contributed by atoms with E-state index in [4.69, 9.17) is 5.73 Å². The second-order valence-electron chi connectivity index (χ2n) is 4.78. The Kier molecular flexibility index (Phi) is 6.78. The van der Waals surface area contributed by atoms with Gasteiger partial charge in [-0.05, 0) is 44.0 Å². The van der Waals surface area contributed by atoms with Crippen LogP contribution in [0.5, 0.6) is 0 Å². The van der Waals surface area contributed by atoms with Crippen LogP contribution in [-0.2, 0) is 4.79 Å². The molecule has 1 unspecified atom stereocenters. The molecule has 0 aliphatic carbocycles. The molecule has 1 atom stereocenters. The molecule has 0 saturated heterocycles. The summed E-state index contributed by atoms with van der Waals surface area (Å²) in [6.07, 6.45) is 3.39. The van der Waals surface area contributed by atoms with Crippen molar-refractivity contribution >= 4 is 23.4 Å². The van der Waals surface area contributed by atoms with Crippen LogP contribution >= 0.6 is 11.8 Å². The fourth-order valence-corrected chi connectivity index (χ4v) is 2.70. The first kappa shape index (κ1) is 15.9. The summed E-state index contributed by atoms with van der Waals surface area (Å²) in [6, 6.07) is 5.89. The summed E-state index contributed by atoms with van der Waals surface area (Å²) in [5, 5.41) is 2.90. The highest BCUT2D eigenvalue weighted by molar-refractivity contribution is 8.00. The van der Waals surface area contributed by atoms with Crippen molar-refractivity contribution in [2.75, 3.05) is 12.3 Å². The van der Waals surface area contributed by atoms with Gasteiger partial charge in [0.1, 0.15) is 0 Å². The van der Waals surface area contributed by atoms with Gasteiger partial charge in [0.25, 0.3) is 0 Å². The van der Waals surface area contributed by atoms with E-state index in [9.17, 15) is 4.79 Å². The van der Waals surface area contributed by atoms with Gasteiger partial charge in [0.15, 0.2) is 0 Å². The van der Waals surface area contributed by atoms with Gasteiger partial charge >= 0.3 is 0 Å². The maximum absolute atomic E-state index is 11.9. The van der Waals surface area contributed by atoms with Crippen LogP contribution in [0.15, 0.2) is 23.1 Å². The zero-order chi connectivity index (χ0) is 14.3. The Labute approximate surface area is 120 Å². The number of hydrogen-bond acceptors (Lipinski definition) is 3. The van der Waals surface area contributed by atoms with Gasteiger partial charge in [0.05, 0.1) is 5.25 Å². The van der Waals surface area contributed by atoms with Crippen LogP contribution in [0.3, 0.4) is 0 Å². The van der Waals surface area contributed by atoms with Crippen LogP contribution in [-0.4, -0.2) is 17.7 Å². The Balaban J connectivity index is 2.42. The Morgan fingerprint density at radius 1 is 1.42 bits per heavy atom. The van der Waals surface area contributed by atoms with Crippen molar-refractivity contribution < 1.29 is 4.79 Å². The lowest BCUT2D eigenvalue weighted by Gasteiger charge is -2.12. The second kappa shape index (κ2) is 8.10. The van der Waals surface area contributed by atoms with Gasteiger partial charge in [-0.1, -0.05) is 19.8 Å². The topological polar surface area (TPSA) is 55.1 Å². The molecule has 0 aromatic heterocycles. The summed E-state index contributed by atoms with van der Waals surface area (Å²) in [7, 11) is 0. The first-order valence-corrected chi connectivity index (χ1v) is 7.73.